The molecule has 2 amide bonds. The fourth-order valence-corrected chi connectivity index (χ4v) is 5.51. The third-order valence-electron chi connectivity index (χ3n) is 6.52. The van der Waals surface area contributed by atoms with Crippen LogP contribution in [0.1, 0.15) is 56.2 Å². The lowest BCUT2D eigenvalue weighted by Crippen LogP contribution is -2.45. The highest BCUT2D eigenvalue weighted by Gasteiger charge is 2.30. The zero-order valence-corrected chi connectivity index (χ0v) is 20.8. The number of hydrogen-bond acceptors (Lipinski definition) is 3. The molecule has 1 aliphatic carbocycles. The number of aliphatic carboxylic acids is 1. The summed E-state index contributed by atoms with van der Waals surface area (Å²) in [5.41, 5.74) is 2.71. The molecule has 3 aromatic carbocycles. The molecule has 0 spiro atoms. The third-order valence-corrected chi connectivity index (χ3v) is 7.54. The molecule has 182 valence electrons. The lowest BCUT2D eigenvalue weighted by molar-refractivity contribution is -0.136. The molecule has 0 aliphatic heterocycles. The zero-order valence-electron chi connectivity index (χ0n) is 20.0. The first kappa shape index (κ1) is 24.9. The summed E-state index contributed by atoms with van der Waals surface area (Å²) in [7, 11) is 0. The van der Waals surface area contributed by atoms with Gasteiger partial charge in [-0.3, -0.25) is 4.79 Å². The van der Waals surface area contributed by atoms with Crippen LogP contribution in [0.4, 0.5) is 10.5 Å². The zero-order chi connectivity index (χ0) is 24.6. The van der Waals surface area contributed by atoms with Crippen LogP contribution in [0.25, 0.3) is 0 Å². The minimum absolute atomic E-state index is 0.00164. The monoisotopic (exact) mass is 488 g/mol. The molecule has 1 fully saturated rings. The Bertz CT molecular complexity index is 1110. The molecular formula is C29H32N2O3S. The van der Waals surface area contributed by atoms with Gasteiger partial charge in [-0.25, -0.2) is 4.79 Å². The van der Waals surface area contributed by atoms with E-state index < -0.39 is 5.97 Å². The fraction of sp³-hybridized carbons (Fsp3) is 0.310. The molecule has 3 aromatic rings. The Morgan fingerprint density at radius 2 is 1.51 bits per heavy atom. The van der Waals surface area contributed by atoms with Crippen LogP contribution in [0.15, 0.2) is 88.7 Å². The molecule has 0 radical (unpaired) electrons. The summed E-state index contributed by atoms with van der Waals surface area (Å²) >= 11 is 1.60. The second-order valence-electron chi connectivity index (χ2n) is 9.06. The molecule has 0 saturated heterocycles. The number of amides is 2. The summed E-state index contributed by atoms with van der Waals surface area (Å²) in [5.74, 6) is -0.830. The Morgan fingerprint density at radius 3 is 2.11 bits per heavy atom. The lowest BCUT2D eigenvalue weighted by Gasteiger charge is -2.38. The van der Waals surface area contributed by atoms with Gasteiger partial charge in [0.15, 0.2) is 0 Å². The van der Waals surface area contributed by atoms with Gasteiger partial charge in [0.05, 0.1) is 12.5 Å². The fourth-order valence-electron chi connectivity index (χ4n) is 4.69. The van der Waals surface area contributed by atoms with Crippen molar-refractivity contribution in [2.24, 2.45) is 0 Å². The number of carbonyl (C=O) groups is 2. The van der Waals surface area contributed by atoms with Gasteiger partial charge in [0.2, 0.25) is 0 Å². The van der Waals surface area contributed by atoms with E-state index in [9.17, 15) is 9.59 Å². The minimum Gasteiger partial charge on any atom is -0.481 e. The maximum Gasteiger partial charge on any atom is 0.322 e. The van der Waals surface area contributed by atoms with E-state index in [-0.39, 0.29) is 24.5 Å². The molecule has 5 nitrogen and oxygen atoms in total. The molecule has 1 aliphatic rings. The van der Waals surface area contributed by atoms with E-state index >= 15 is 0 Å². The van der Waals surface area contributed by atoms with E-state index in [0.29, 0.717) is 0 Å². The van der Waals surface area contributed by atoms with Gasteiger partial charge in [-0.2, -0.15) is 0 Å². The first-order chi connectivity index (χ1) is 17.0. The van der Waals surface area contributed by atoms with Crippen molar-refractivity contribution in [2.45, 2.75) is 67.3 Å². The number of nitrogens with one attached hydrogen (secondary N) is 1. The standard InChI is InChI=1S/C29H32N2O3S/c1-21(23-8-4-2-5-9-23)31(25-10-6-3-7-11-25)29(34)30-24-14-18-27(19-15-24)35-26-16-12-22(13-17-26)20-28(32)33/h2,4-5,8-9,12-19,21,25H,3,6-7,10-11,20H2,1H3,(H,30,34)(H,32,33). The Kier molecular flexibility index (Phi) is 8.48. The van der Waals surface area contributed by atoms with Crippen LogP contribution in [0, 0.1) is 0 Å². The van der Waals surface area contributed by atoms with E-state index in [4.69, 9.17) is 5.11 Å². The van der Waals surface area contributed by atoms with Crippen molar-refractivity contribution in [3.8, 4) is 0 Å². The van der Waals surface area contributed by atoms with Gasteiger partial charge in [0.1, 0.15) is 0 Å². The SMILES string of the molecule is CC(c1ccccc1)N(C(=O)Nc1ccc(Sc2ccc(CC(=O)O)cc2)cc1)C1CCCCC1. The molecule has 2 N–H and O–H groups in total. The summed E-state index contributed by atoms with van der Waals surface area (Å²) < 4.78 is 0. The Morgan fingerprint density at radius 1 is 0.914 bits per heavy atom. The van der Waals surface area contributed by atoms with Crippen molar-refractivity contribution < 1.29 is 14.7 Å². The van der Waals surface area contributed by atoms with Gasteiger partial charge < -0.3 is 15.3 Å². The van der Waals surface area contributed by atoms with E-state index in [0.717, 1.165) is 39.4 Å². The summed E-state index contributed by atoms with van der Waals surface area (Å²) in [6.45, 7) is 2.12. The van der Waals surface area contributed by atoms with Gasteiger partial charge in [0, 0.05) is 21.5 Å². The van der Waals surface area contributed by atoms with Gasteiger partial charge in [-0.05, 0) is 67.3 Å². The Hall–Kier alpha value is -3.25. The highest BCUT2D eigenvalue weighted by Crippen LogP contribution is 2.32. The van der Waals surface area contributed by atoms with Crippen molar-refractivity contribution in [1.29, 1.82) is 0 Å². The third kappa shape index (κ3) is 6.89. The number of carboxylic acid groups (broad SMARTS) is 1. The molecule has 1 unspecified atom stereocenters. The van der Waals surface area contributed by atoms with Crippen molar-refractivity contribution in [3.63, 3.8) is 0 Å². The molecule has 1 atom stereocenters. The number of urea groups is 1. The second kappa shape index (κ2) is 11.9. The molecule has 35 heavy (non-hydrogen) atoms. The van der Waals surface area contributed by atoms with E-state index in [1.54, 1.807) is 11.8 Å². The first-order valence-electron chi connectivity index (χ1n) is 12.2. The quantitative estimate of drug-likeness (QED) is 0.347. The van der Waals surface area contributed by atoms with Crippen LogP contribution in [0.3, 0.4) is 0 Å². The first-order valence-corrected chi connectivity index (χ1v) is 13.0. The maximum absolute atomic E-state index is 13.5. The highest BCUT2D eigenvalue weighted by atomic mass is 32.2. The van der Waals surface area contributed by atoms with E-state index in [2.05, 4.69) is 24.4 Å². The number of nitrogens with zero attached hydrogens (tertiary/aromatic N) is 1. The van der Waals surface area contributed by atoms with E-state index in [1.165, 1.54) is 19.3 Å². The number of benzene rings is 3. The van der Waals surface area contributed by atoms with Crippen LogP contribution >= 0.6 is 11.8 Å². The average molecular weight is 489 g/mol. The van der Waals surface area contributed by atoms with Gasteiger partial charge in [-0.1, -0.05) is 73.5 Å². The second-order valence-corrected chi connectivity index (χ2v) is 10.2. The molecule has 0 heterocycles. The smallest absolute Gasteiger partial charge is 0.322 e. The molecule has 4 rings (SSSR count). The predicted molar refractivity (Wildman–Crippen MR) is 141 cm³/mol. The summed E-state index contributed by atoms with van der Waals surface area (Å²) in [5, 5.41) is 12.0. The molecular weight excluding hydrogens is 456 g/mol. The van der Waals surface area contributed by atoms with Crippen LogP contribution in [-0.2, 0) is 11.2 Å². The Balaban J connectivity index is 1.42. The number of rotatable bonds is 8. The van der Waals surface area contributed by atoms with Crippen LogP contribution in [0.5, 0.6) is 0 Å². The molecule has 1 saturated carbocycles. The number of anilines is 1. The highest BCUT2D eigenvalue weighted by molar-refractivity contribution is 7.99. The average Bonchev–Trinajstić information content (AvgIpc) is 2.87. The van der Waals surface area contributed by atoms with Crippen LogP contribution in [0.2, 0.25) is 0 Å². The van der Waals surface area contributed by atoms with Crippen LogP contribution < -0.4 is 5.32 Å². The number of hydrogen-bond donors (Lipinski definition) is 2. The summed E-state index contributed by atoms with van der Waals surface area (Å²) in [4.78, 5) is 28.5. The number of carbonyl (C=O) groups excluding carboxylic acids is 1. The maximum atomic E-state index is 13.5. The van der Waals surface area contributed by atoms with Crippen molar-refractivity contribution in [3.05, 3.63) is 90.0 Å². The van der Waals surface area contributed by atoms with Crippen molar-refractivity contribution >= 4 is 29.4 Å². The minimum atomic E-state index is -0.830. The van der Waals surface area contributed by atoms with Crippen LogP contribution in [-0.4, -0.2) is 28.0 Å². The van der Waals surface area contributed by atoms with Gasteiger partial charge in [-0.15, -0.1) is 0 Å². The normalized spacial score (nSPS) is 14.8. The van der Waals surface area contributed by atoms with Crippen molar-refractivity contribution in [2.75, 3.05) is 5.32 Å². The van der Waals surface area contributed by atoms with Crippen molar-refractivity contribution in [1.82, 2.24) is 4.90 Å². The summed E-state index contributed by atoms with van der Waals surface area (Å²) in [6.07, 6.45) is 5.70. The Labute approximate surface area is 211 Å². The summed E-state index contributed by atoms with van der Waals surface area (Å²) in [6, 6.07) is 25.9. The van der Waals surface area contributed by atoms with E-state index in [1.807, 2.05) is 71.6 Å². The molecule has 0 aromatic heterocycles. The lowest BCUT2D eigenvalue weighted by atomic mass is 9.92. The van der Waals surface area contributed by atoms with Gasteiger partial charge in [0.25, 0.3) is 0 Å². The molecule has 6 heteroatoms. The number of carboxylic acids is 1. The predicted octanol–water partition coefficient (Wildman–Crippen LogP) is 7.39. The van der Waals surface area contributed by atoms with Gasteiger partial charge >= 0.3 is 12.0 Å². The largest absolute Gasteiger partial charge is 0.481 e. The topological polar surface area (TPSA) is 69.6 Å². The molecule has 0 bridgehead atoms.